The Balaban J connectivity index is 2.25. The van der Waals surface area contributed by atoms with Crippen LogP contribution < -0.4 is 0 Å². The number of sulfone groups is 1. The standard InChI is InChI=1S/C9H11NO6S3/c11-9(12)7-5-8(17-6-7)19(15,16)10-1-3-18(13,14)4-2-10/h5-6H,1-4H2,(H,11,12). The van der Waals surface area contributed by atoms with Crippen LogP contribution in [0.2, 0.25) is 0 Å². The number of hydrogen-bond acceptors (Lipinski definition) is 6. The maximum absolute atomic E-state index is 12.2. The maximum atomic E-state index is 12.2. The molecule has 1 aromatic heterocycles. The summed E-state index contributed by atoms with van der Waals surface area (Å²) in [5.41, 5.74) is -0.0896. The van der Waals surface area contributed by atoms with E-state index >= 15 is 0 Å². The fourth-order valence-corrected chi connectivity index (χ4v) is 5.81. The molecule has 0 saturated carbocycles. The van der Waals surface area contributed by atoms with Crippen LogP contribution in [0.25, 0.3) is 0 Å². The molecule has 2 rings (SSSR count). The average molecular weight is 325 g/mol. The van der Waals surface area contributed by atoms with Crippen LogP contribution in [-0.2, 0) is 19.9 Å². The van der Waals surface area contributed by atoms with Gasteiger partial charge in [-0.05, 0) is 6.07 Å². The van der Waals surface area contributed by atoms with E-state index in [1.54, 1.807) is 0 Å². The second-order valence-corrected chi connectivity index (χ2v) is 9.40. The van der Waals surface area contributed by atoms with Gasteiger partial charge in [0, 0.05) is 18.5 Å². The highest BCUT2D eigenvalue weighted by molar-refractivity contribution is 7.92. The van der Waals surface area contributed by atoms with Crippen LogP contribution in [0.5, 0.6) is 0 Å². The first kappa shape index (κ1) is 14.4. The molecule has 1 aromatic rings. The van der Waals surface area contributed by atoms with Crippen LogP contribution in [0.1, 0.15) is 10.4 Å². The van der Waals surface area contributed by atoms with Gasteiger partial charge in [-0.1, -0.05) is 0 Å². The first-order valence-electron chi connectivity index (χ1n) is 5.25. The molecular formula is C9H11NO6S3. The molecule has 0 spiro atoms. The van der Waals surface area contributed by atoms with Crippen LogP contribution in [0, 0.1) is 0 Å². The molecule has 0 atom stereocenters. The van der Waals surface area contributed by atoms with Crippen molar-refractivity contribution in [3.63, 3.8) is 0 Å². The van der Waals surface area contributed by atoms with Gasteiger partial charge in [0.05, 0.1) is 17.1 Å². The molecular weight excluding hydrogens is 314 g/mol. The topological polar surface area (TPSA) is 109 Å². The number of rotatable bonds is 3. The largest absolute Gasteiger partial charge is 0.478 e. The van der Waals surface area contributed by atoms with Crippen LogP contribution in [-0.4, -0.2) is 56.8 Å². The first-order valence-corrected chi connectivity index (χ1v) is 9.39. The molecule has 1 aliphatic rings. The third kappa shape index (κ3) is 2.96. The van der Waals surface area contributed by atoms with Crippen molar-refractivity contribution >= 4 is 37.2 Å². The molecule has 106 valence electrons. The van der Waals surface area contributed by atoms with Gasteiger partial charge in [-0.3, -0.25) is 0 Å². The lowest BCUT2D eigenvalue weighted by Crippen LogP contribution is -2.43. The monoisotopic (exact) mass is 325 g/mol. The predicted octanol–water partition coefficient (Wildman–Crippen LogP) is -0.135. The minimum Gasteiger partial charge on any atom is -0.478 e. The molecule has 10 heteroatoms. The highest BCUT2D eigenvalue weighted by Gasteiger charge is 2.32. The minimum atomic E-state index is -3.80. The first-order chi connectivity index (χ1) is 8.72. The Kier molecular flexibility index (Phi) is 3.69. The zero-order valence-corrected chi connectivity index (χ0v) is 12.1. The SMILES string of the molecule is O=C(O)c1csc(S(=O)(=O)N2CCS(=O)(=O)CC2)c1. The second-order valence-electron chi connectivity index (χ2n) is 4.02. The van der Waals surface area contributed by atoms with Crippen molar-refractivity contribution in [2.75, 3.05) is 24.6 Å². The van der Waals surface area contributed by atoms with Crippen LogP contribution in [0.3, 0.4) is 0 Å². The molecule has 19 heavy (non-hydrogen) atoms. The quantitative estimate of drug-likeness (QED) is 0.829. The summed E-state index contributed by atoms with van der Waals surface area (Å²) >= 11 is 0.818. The van der Waals surface area contributed by atoms with Crippen molar-refractivity contribution < 1.29 is 26.7 Å². The van der Waals surface area contributed by atoms with Crippen molar-refractivity contribution in [2.24, 2.45) is 0 Å². The summed E-state index contributed by atoms with van der Waals surface area (Å²) in [5.74, 6) is -1.61. The third-order valence-electron chi connectivity index (χ3n) is 2.72. The number of sulfonamides is 1. The number of thiophene rings is 1. The van der Waals surface area contributed by atoms with Gasteiger partial charge in [0.2, 0.25) is 0 Å². The summed E-state index contributed by atoms with van der Waals surface area (Å²) in [6.45, 7) is -0.185. The zero-order chi connectivity index (χ0) is 14.3. The maximum Gasteiger partial charge on any atom is 0.336 e. The normalized spacial score (nSPS) is 20.2. The molecule has 7 nitrogen and oxygen atoms in total. The van der Waals surface area contributed by atoms with Crippen LogP contribution in [0.15, 0.2) is 15.7 Å². The second kappa shape index (κ2) is 4.85. The van der Waals surface area contributed by atoms with Gasteiger partial charge in [0.25, 0.3) is 10.0 Å². The summed E-state index contributed by atoms with van der Waals surface area (Å²) in [4.78, 5) is 10.7. The van der Waals surface area contributed by atoms with E-state index in [2.05, 4.69) is 0 Å². The van der Waals surface area contributed by atoms with Gasteiger partial charge < -0.3 is 5.11 Å². The smallest absolute Gasteiger partial charge is 0.336 e. The number of aromatic carboxylic acids is 1. The molecule has 0 bridgehead atoms. The van der Waals surface area contributed by atoms with E-state index in [-0.39, 0.29) is 34.4 Å². The van der Waals surface area contributed by atoms with Gasteiger partial charge in [-0.25, -0.2) is 21.6 Å². The minimum absolute atomic E-state index is 0.0794. The van der Waals surface area contributed by atoms with Crippen LogP contribution >= 0.6 is 11.3 Å². The molecule has 0 aliphatic carbocycles. The number of nitrogens with zero attached hydrogens (tertiary/aromatic N) is 1. The van der Waals surface area contributed by atoms with Crippen molar-refractivity contribution in [1.29, 1.82) is 0 Å². The van der Waals surface area contributed by atoms with Gasteiger partial charge in [0.15, 0.2) is 9.84 Å². The Morgan fingerprint density at radius 2 is 1.89 bits per heavy atom. The van der Waals surface area contributed by atoms with Crippen molar-refractivity contribution in [1.82, 2.24) is 4.31 Å². The summed E-state index contributed by atoms with van der Waals surface area (Å²) in [6, 6.07) is 1.09. The van der Waals surface area contributed by atoms with E-state index < -0.39 is 25.8 Å². The van der Waals surface area contributed by atoms with E-state index in [1.165, 1.54) is 5.38 Å². The van der Waals surface area contributed by atoms with Gasteiger partial charge >= 0.3 is 5.97 Å². The predicted molar refractivity (Wildman–Crippen MR) is 68.7 cm³/mol. The molecule has 2 heterocycles. The molecule has 1 saturated heterocycles. The number of carboxylic acids is 1. The van der Waals surface area contributed by atoms with Crippen molar-refractivity contribution in [2.45, 2.75) is 4.21 Å². The van der Waals surface area contributed by atoms with E-state index in [9.17, 15) is 21.6 Å². The zero-order valence-electron chi connectivity index (χ0n) is 9.64. The van der Waals surface area contributed by atoms with Gasteiger partial charge in [0.1, 0.15) is 4.21 Å². The Hall–Kier alpha value is -0.970. The lowest BCUT2D eigenvalue weighted by atomic mass is 10.4. The highest BCUT2D eigenvalue weighted by Crippen LogP contribution is 2.25. The highest BCUT2D eigenvalue weighted by atomic mass is 32.2. The van der Waals surface area contributed by atoms with Gasteiger partial charge in [-0.15, -0.1) is 11.3 Å². The third-order valence-corrected chi connectivity index (χ3v) is 7.64. The molecule has 0 amide bonds. The molecule has 1 fully saturated rings. The lowest BCUT2D eigenvalue weighted by molar-refractivity contribution is 0.0697. The lowest BCUT2D eigenvalue weighted by Gasteiger charge is -2.25. The Morgan fingerprint density at radius 1 is 1.32 bits per heavy atom. The number of carbonyl (C=O) groups is 1. The Labute approximate surface area is 114 Å². The fraction of sp³-hybridized carbons (Fsp3) is 0.444. The molecule has 1 N–H and O–H groups in total. The number of hydrogen-bond donors (Lipinski definition) is 1. The van der Waals surface area contributed by atoms with E-state index in [0.29, 0.717) is 0 Å². The molecule has 0 aromatic carbocycles. The van der Waals surface area contributed by atoms with E-state index in [0.717, 1.165) is 21.7 Å². The number of carboxylic acid groups (broad SMARTS) is 1. The van der Waals surface area contributed by atoms with E-state index in [1.807, 2.05) is 0 Å². The molecule has 0 unspecified atom stereocenters. The van der Waals surface area contributed by atoms with Crippen LogP contribution in [0.4, 0.5) is 0 Å². The van der Waals surface area contributed by atoms with E-state index in [4.69, 9.17) is 5.11 Å². The molecule has 0 radical (unpaired) electrons. The van der Waals surface area contributed by atoms with Crippen molar-refractivity contribution in [3.8, 4) is 0 Å². The van der Waals surface area contributed by atoms with Gasteiger partial charge in [-0.2, -0.15) is 4.31 Å². The average Bonchev–Trinajstić information content (AvgIpc) is 2.78. The van der Waals surface area contributed by atoms with Crippen molar-refractivity contribution in [3.05, 3.63) is 17.0 Å². The Bertz CT molecular complexity index is 688. The fourth-order valence-electron chi connectivity index (χ4n) is 1.63. The summed E-state index contributed by atoms with van der Waals surface area (Å²) in [5, 5.41) is 10.0. The summed E-state index contributed by atoms with van der Waals surface area (Å²) in [6.07, 6.45) is 0. The summed E-state index contributed by atoms with van der Waals surface area (Å²) in [7, 11) is -6.96. The summed E-state index contributed by atoms with van der Waals surface area (Å²) < 4.78 is 47.9. The Morgan fingerprint density at radius 3 is 2.37 bits per heavy atom. The molecule has 1 aliphatic heterocycles.